The summed E-state index contributed by atoms with van der Waals surface area (Å²) in [6.07, 6.45) is 2.32. The molecule has 1 N–H and O–H groups in total. The quantitative estimate of drug-likeness (QED) is 0.704. The molecule has 0 radical (unpaired) electrons. The SMILES string of the molecule is COc1c(Br)cc(Cl)cc1S(=O)(=O)NCc1ccccc1N1CCCC1. The van der Waals surface area contributed by atoms with E-state index in [-0.39, 0.29) is 17.2 Å². The number of benzene rings is 2. The average molecular weight is 460 g/mol. The molecule has 0 saturated carbocycles. The van der Waals surface area contributed by atoms with Crippen molar-refractivity contribution in [2.45, 2.75) is 24.3 Å². The summed E-state index contributed by atoms with van der Waals surface area (Å²) >= 11 is 9.32. The Hall–Kier alpha value is -1.28. The van der Waals surface area contributed by atoms with Crippen molar-refractivity contribution in [1.82, 2.24) is 4.72 Å². The van der Waals surface area contributed by atoms with Crippen LogP contribution in [0.3, 0.4) is 0 Å². The molecule has 0 spiro atoms. The molecule has 1 aliphatic heterocycles. The topological polar surface area (TPSA) is 58.6 Å². The van der Waals surface area contributed by atoms with Gasteiger partial charge in [-0.15, -0.1) is 0 Å². The molecule has 0 aliphatic carbocycles. The number of sulfonamides is 1. The third kappa shape index (κ3) is 4.17. The minimum absolute atomic E-state index is 0.0121. The lowest BCUT2D eigenvalue weighted by molar-refractivity contribution is 0.399. The molecule has 0 unspecified atom stereocenters. The molecular weight excluding hydrogens is 440 g/mol. The fraction of sp³-hybridized carbons (Fsp3) is 0.333. The normalized spacial score (nSPS) is 14.7. The van der Waals surface area contributed by atoms with Crippen LogP contribution in [0.4, 0.5) is 5.69 Å². The fourth-order valence-corrected chi connectivity index (χ4v) is 5.50. The Morgan fingerprint density at radius 3 is 2.62 bits per heavy atom. The molecule has 1 fully saturated rings. The zero-order valence-electron chi connectivity index (χ0n) is 14.3. The van der Waals surface area contributed by atoms with Gasteiger partial charge in [0.2, 0.25) is 10.0 Å². The molecule has 0 atom stereocenters. The second-order valence-corrected chi connectivity index (χ2v) is 9.09. The van der Waals surface area contributed by atoms with E-state index < -0.39 is 10.0 Å². The van der Waals surface area contributed by atoms with Crippen molar-refractivity contribution < 1.29 is 13.2 Å². The van der Waals surface area contributed by atoms with Crippen molar-refractivity contribution in [1.29, 1.82) is 0 Å². The van der Waals surface area contributed by atoms with Gasteiger partial charge in [-0.3, -0.25) is 0 Å². The first-order valence-corrected chi connectivity index (χ1v) is 10.9. The van der Waals surface area contributed by atoms with Crippen LogP contribution in [0.5, 0.6) is 5.75 Å². The van der Waals surface area contributed by atoms with E-state index in [9.17, 15) is 8.42 Å². The van der Waals surface area contributed by atoms with Crippen LogP contribution < -0.4 is 14.4 Å². The van der Waals surface area contributed by atoms with Crippen molar-refractivity contribution in [3.8, 4) is 5.75 Å². The summed E-state index contributed by atoms with van der Waals surface area (Å²) in [5, 5.41) is 0.315. The number of nitrogens with zero attached hydrogens (tertiary/aromatic N) is 1. The summed E-state index contributed by atoms with van der Waals surface area (Å²) in [4.78, 5) is 2.30. The van der Waals surface area contributed by atoms with Gasteiger partial charge in [-0.2, -0.15) is 0 Å². The minimum atomic E-state index is -3.79. The molecule has 26 heavy (non-hydrogen) atoms. The number of methoxy groups -OCH3 is 1. The molecule has 3 rings (SSSR count). The number of ether oxygens (including phenoxy) is 1. The van der Waals surface area contributed by atoms with Crippen LogP contribution in [0.2, 0.25) is 5.02 Å². The summed E-state index contributed by atoms with van der Waals surface area (Å²) in [5.41, 5.74) is 2.02. The highest BCUT2D eigenvalue weighted by Gasteiger charge is 2.23. The van der Waals surface area contributed by atoms with Crippen molar-refractivity contribution in [2.24, 2.45) is 0 Å². The van der Waals surface area contributed by atoms with Crippen LogP contribution in [0.25, 0.3) is 0 Å². The Morgan fingerprint density at radius 2 is 1.92 bits per heavy atom. The summed E-state index contributed by atoms with van der Waals surface area (Å²) in [5.74, 6) is 0.231. The summed E-state index contributed by atoms with van der Waals surface area (Å²) in [6, 6.07) is 10.9. The zero-order valence-corrected chi connectivity index (χ0v) is 17.5. The van der Waals surface area contributed by atoms with Gasteiger partial charge in [0.25, 0.3) is 0 Å². The highest BCUT2D eigenvalue weighted by atomic mass is 79.9. The Balaban J connectivity index is 1.86. The van der Waals surface area contributed by atoms with E-state index in [1.807, 2.05) is 24.3 Å². The summed E-state index contributed by atoms with van der Waals surface area (Å²) < 4.78 is 34.1. The average Bonchev–Trinajstić information content (AvgIpc) is 3.14. The molecule has 0 amide bonds. The van der Waals surface area contributed by atoms with Gasteiger partial charge in [-0.05, 0) is 52.5 Å². The largest absolute Gasteiger partial charge is 0.494 e. The lowest BCUT2D eigenvalue weighted by atomic mass is 10.1. The summed E-state index contributed by atoms with van der Waals surface area (Å²) in [7, 11) is -2.37. The van der Waals surface area contributed by atoms with Gasteiger partial charge in [0.05, 0.1) is 11.6 Å². The van der Waals surface area contributed by atoms with Crippen molar-refractivity contribution in [3.63, 3.8) is 0 Å². The standard InChI is InChI=1S/C18H20BrClN2O3S/c1-25-18-15(19)10-14(20)11-17(18)26(23,24)21-12-13-6-2-3-7-16(13)22-8-4-5-9-22/h2-3,6-7,10-11,21H,4-5,8-9,12H2,1H3. The van der Waals surface area contributed by atoms with Gasteiger partial charge < -0.3 is 9.64 Å². The zero-order chi connectivity index (χ0) is 18.7. The van der Waals surface area contributed by atoms with Crippen LogP contribution in [-0.4, -0.2) is 28.6 Å². The molecule has 1 saturated heterocycles. The number of hydrogen-bond donors (Lipinski definition) is 1. The van der Waals surface area contributed by atoms with E-state index in [4.69, 9.17) is 16.3 Å². The second kappa shape index (κ2) is 8.17. The monoisotopic (exact) mass is 458 g/mol. The molecule has 5 nitrogen and oxygen atoms in total. The van der Waals surface area contributed by atoms with Crippen LogP contribution >= 0.6 is 27.5 Å². The maximum atomic E-state index is 12.8. The molecule has 1 aliphatic rings. The van der Waals surface area contributed by atoms with Crippen molar-refractivity contribution >= 4 is 43.2 Å². The minimum Gasteiger partial charge on any atom is -0.494 e. The number of anilines is 1. The van der Waals surface area contributed by atoms with Crippen LogP contribution in [0.15, 0.2) is 45.8 Å². The third-order valence-corrected chi connectivity index (χ3v) is 6.57. The molecule has 2 aromatic rings. The van der Waals surface area contributed by atoms with E-state index in [2.05, 4.69) is 25.6 Å². The Kier molecular flexibility index (Phi) is 6.12. The van der Waals surface area contributed by atoms with Crippen molar-refractivity contribution in [2.75, 3.05) is 25.1 Å². The first kappa shape index (κ1) is 19.5. The lowest BCUT2D eigenvalue weighted by Gasteiger charge is -2.21. The Morgan fingerprint density at radius 1 is 1.23 bits per heavy atom. The predicted molar refractivity (Wildman–Crippen MR) is 108 cm³/mol. The van der Waals surface area contributed by atoms with E-state index in [1.165, 1.54) is 13.2 Å². The van der Waals surface area contributed by atoms with Gasteiger partial charge in [-0.1, -0.05) is 29.8 Å². The molecule has 2 aromatic carbocycles. The molecule has 0 bridgehead atoms. The number of halogens is 2. The van der Waals surface area contributed by atoms with Crippen LogP contribution in [-0.2, 0) is 16.6 Å². The van der Waals surface area contributed by atoms with Gasteiger partial charge >= 0.3 is 0 Å². The van der Waals surface area contributed by atoms with E-state index in [1.54, 1.807) is 6.07 Å². The van der Waals surface area contributed by atoms with Gasteiger partial charge in [0, 0.05) is 30.3 Å². The Bertz CT molecular complexity index is 899. The maximum Gasteiger partial charge on any atom is 0.244 e. The molecule has 1 heterocycles. The third-order valence-electron chi connectivity index (χ3n) is 4.36. The van der Waals surface area contributed by atoms with Crippen LogP contribution in [0.1, 0.15) is 18.4 Å². The number of para-hydroxylation sites is 1. The lowest BCUT2D eigenvalue weighted by Crippen LogP contribution is -2.26. The van der Waals surface area contributed by atoms with Gasteiger partial charge in [0.15, 0.2) is 5.75 Å². The Labute approximate surface area is 167 Å². The van der Waals surface area contributed by atoms with Gasteiger partial charge in [-0.25, -0.2) is 13.1 Å². The van der Waals surface area contributed by atoms with E-state index in [0.29, 0.717) is 9.50 Å². The number of nitrogens with one attached hydrogen (secondary N) is 1. The second-order valence-electron chi connectivity index (χ2n) is 6.07. The molecule has 140 valence electrons. The highest BCUT2D eigenvalue weighted by Crippen LogP contribution is 2.35. The number of hydrogen-bond acceptors (Lipinski definition) is 4. The molecule has 0 aromatic heterocycles. The summed E-state index contributed by atoms with van der Waals surface area (Å²) in [6.45, 7) is 2.19. The molecular formula is C18H20BrClN2O3S. The predicted octanol–water partition coefficient (Wildman–Crippen LogP) is 4.19. The smallest absolute Gasteiger partial charge is 0.244 e. The fourth-order valence-electron chi connectivity index (χ4n) is 3.11. The van der Waals surface area contributed by atoms with Gasteiger partial charge in [0.1, 0.15) is 4.90 Å². The van der Waals surface area contributed by atoms with Crippen LogP contribution in [0, 0.1) is 0 Å². The van der Waals surface area contributed by atoms with E-state index in [0.717, 1.165) is 37.2 Å². The highest BCUT2D eigenvalue weighted by molar-refractivity contribution is 9.10. The first-order chi connectivity index (χ1) is 12.4. The van der Waals surface area contributed by atoms with E-state index >= 15 is 0 Å². The number of rotatable bonds is 6. The first-order valence-electron chi connectivity index (χ1n) is 8.28. The molecule has 8 heteroatoms. The maximum absolute atomic E-state index is 12.8. The van der Waals surface area contributed by atoms with Crippen molar-refractivity contribution in [3.05, 3.63) is 51.5 Å².